The van der Waals surface area contributed by atoms with Crippen molar-refractivity contribution in [2.75, 3.05) is 6.54 Å². The van der Waals surface area contributed by atoms with Crippen molar-refractivity contribution < 1.29 is 0 Å². The van der Waals surface area contributed by atoms with Crippen LogP contribution in [0, 0.1) is 6.92 Å². The van der Waals surface area contributed by atoms with Gasteiger partial charge in [-0.1, -0.05) is 61.0 Å². The molecule has 0 spiro atoms. The fourth-order valence-corrected chi connectivity index (χ4v) is 2.43. The Morgan fingerprint density at radius 2 is 1.74 bits per heavy atom. The molecule has 1 N–H and O–H groups in total. The van der Waals surface area contributed by atoms with Crippen molar-refractivity contribution in [1.82, 2.24) is 5.32 Å². The standard InChI is InChI=1S/C18H23N/c1-4-19-15(3)13-16-8-10-17(11-9-16)18-7-5-6-14(2)12-18/h5-12,15,19H,4,13H2,1-3H3. The second-order valence-electron chi connectivity index (χ2n) is 5.23. The summed E-state index contributed by atoms with van der Waals surface area (Å²) in [5, 5.41) is 3.45. The Morgan fingerprint density at radius 1 is 1.00 bits per heavy atom. The molecule has 0 bridgehead atoms. The molecule has 0 saturated carbocycles. The average Bonchev–Trinajstić information content (AvgIpc) is 2.40. The quantitative estimate of drug-likeness (QED) is 0.842. The number of aryl methyl sites for hydroxylation is 1. The maximum Gasteiger partial charge on any atom is 0.00790 e. The maximum absolute atomic E-state index is 3.45. The zero-order chi connectivity index (χ0) is 13.7. The van der Waals surface area contributed by atoms with Gasteiger partial charge < -0.3 is 5.32 Å². The molecule has 0 aromatic heterocycles. The van der Waals surface area contributed by atoms with Crippen molar-refractivity contribution in [3.8, 4) is 11.1 Å². The Kier molecular flexibility index (Phi) is 4.75. The molecule has 1 nitrogen and oxygen atoms in total. The first-order valence-electron chi connectivity index (χ1n) is 7.08. The lowest BCUT2D eigenvalue weighted by Crippen LogP contribution is -2.27. The maximum atomic E-state index is 3.45. The molecule has 1 atom stereocenters. The Balaban J connectivity index is 2.10. The number of nitrogens with one attached hydrogen (secondary N) is 1. The van der Waals surface area contributed by atoms with Crippen LogP contribution in [-0.4, -0.2) is 12.6 Å². The SMILES string of the molecule is CCNC(C)Cc1ccc(-c2cccc(C)c2)cc1. The topological polar surface area (TPSA) is 12.0 Å². The summed E-state index contributed by atoms with van der Waals surface area (Å²) in [4.78, 5) is 0. The second-order valence-corrected chi connectivity index (χ2v) is 5.23. The normalized spacial score (nSPS) is 12.4. The third-order valence-electron chi connectivity index (χ3n) is 3.40. The highest BCUT2D eigenvalue weighted by atomic mass is 14.9. The van der Waals surface area contributed by atoms with Crippen LogP contribution in [0.25, 0.3) is 11.1 Å². The molecule has 0 amide bonds. The van der Waals surface area contributed by atoms with Crippen molar-refractivity contribution in [1.29, 1.82) is 0 Å². The van der Waals surface area contributed by atoms with E-state index in [0.717, 1.165) is 13.0 Å². The van der Waals surface area contributed by atoms with Crippen LogP contribution in [-0.2, 0) is 6.42 Å². The van der Waals surface area contributed by atoms with Gasteiger partial charge in [0.1, 0.15) is 0 Å². The summed E-state index contributed by atoms with van der Waals surface area (Å²) in [5.41, 5.74) is 5.29. The van der Waals surface area contributed by atoms with Gasteiger partial charge in [0.25, 0.3) is 0 Å². The van der Waals surface area contributed by atoms with Gasteiger partial charge in [0.15, 0.2) is 0 Å². The van der Waals surface area contributed by atoms with Crippen LogP contribution < -0.4 is 5.32 Å². The molecule has 0 heterocycles. The summed E-state index contributed by atoms with van der Waals surface area (Å²) in [5.74, 6) is 0. The minimum Gasteiger partial charge on any atom is -0.314 e. The van der Waals surface area contributed by atoms with Crippen LogP contribution in [0.15, 0.2) is 48.5 Å². The third kappa shape index (κ3) is 3.93. The Morgan fingerprint density at radius 3 is 2.37 bits per heavy atom. The van der Waals surface area contributed by atoms with Gasteiger partial charge >= 0.3 is 0 Å². The fourth-order valence-electron chi connectivity index (χ4n) is 2.43. The van der Waals surface area contributed by atoms with Gasteiger partial charge in [0, 0.05) is 6.04 Å². The zero-order valence-corrected chi connectivity index (χ0v) is 12.1. The highest BCUT2D eigenvalue weighted by Crippen LogP contribution is 2.21. The van der Waals surface area contributed by atoms with Gasteiger partial charge in [0.05, 0.1) is 0 Å². The third-order valence-corrected chi connectivity index (χ3v) is 3.40. The van der Waals surface area contributed by atoms with Crippen molar-refractivity contribution >= 4 is 0 Å². The van der Waals surface area contributed by atoms with Crippen LogP contribution in [0.2, 0.25) is 0 Å². The van der Waals surface area contributed by atoms with Gasteiger partial charge in [-0.25, -0.2) is 0 Å². The van der Waals surface area contributed by atoms with Gasteiger partial charge in [-0.2, -0.15) is 0 Å². The Bertz CT molecular complexity index is 513. The molecule has 19 heavy (non-hydrogen) atoms. The van der Waals surface area contributed by atoms with Crippen molar-refractivity contribution in [3.05, 3.63) is 59.7 Å². The monoisotopic (exact) mass is 253 g/mol. The molecule has 1 unspecified atom stereocenters. The molecule has 2 aromatic rings. The van der Waals surface area contributed by atoms with E-state index >= 15 is 0 Å². The Labute approximate surface area is 116 Å². The summed E-state index contributed by atoms with van der Waals surface area (Å²) in [6, 6.07) is 18.1. The van der Waals surface area contributed by atoms with Crippen LogP contribution in [0.5, 0.6) is 0 Å². The smallest absolute Gasteiger partial charge is 0.00790 e. The minimum atomic E-state index is 0.537. The summed E-state index contributed by atoms with van der Waals surface area (Å²) in [6.45, 7) is 7.55. The lowest BCUT2D eigenvalue weighted by Gasteiger charge is -2.12. The highest BCUT2D eigenvalue weighted by molar-refractivity contribution is 5.64. The van der Waals surface area contributed by atoms with Crippen LogP contribution >= 0.6 is 0 Å². The molecule has 2 rings (SSSR count). The van der Waals surface area contributed by atoms with E-state index in [4.69, 9.17) is 0 Å². The lowest BCUT2D eigenvalue weighted by atomic mass is 10.00. The van der Waals surface area contributed by atoms with E-state index in [1.165, 1.54) is 22.3 Å². The minimum absolute atomic E-state index is 0.537. The molecule has 2 aromatic carbocycles. The van der Waals surface area contributed by atoms with Crippen molar-refractivity contribution in [2.24, 2.45) is 0 Å². The van der Waals surface area contributed by atoms with E-state index in [0.29, 0.717) is 6.04 Å². The largest absolute Gasteiger partial charge is 0.314 e. The molecule has 0 aliphatic rings. The average molecular weight is 253 g/mol. The predicted molar refractivity (Wildman–Crippen MR) is 83.5 cm³/mol. The number of benzene rings is 2. The molecule has 0 aliphatic heterocycles. The van der Waals surface area contributed by atoms with Crippen molar-refractivity contribution in [3.63, 3.8) is 0 Å². The molecule has 1 heteroatoms. The van der Waals surface area contributed by atoms with E-state index in [-0.39, 0.29) is 0 Å². The fraction of sp³-hybridized carbons (Fsp3) is 0.333. The zero-order valence-electron chi connectivity index (χ0n) is 12.1. The summed E-state index contributed by atoms with van der Waals surface area (Å²) < 4.78 is 0. The second kappa shape index (κ2) is 6.53. The lowest BCUT2D eigenvalue weighted by molar-refractivity contribution is 0.565. The van der Waals surface area contributed by atoms with E-state index in [1.54, 1.807) is 0 Å². The molecule has 100 valence electrons. The summed E-state index contributed by atoms with van der Waals surface area (Å²) in [7, 11) is 0. The van der Waals surface area contributed by atoms with E-state index in [2.05, 4.69) is 74.6 Å². The summed E-state index contributed by atoms with van der Waals surface area (Å²) >= 11 is 0. The predicted octanol–water partition coefficient (Wildman–Crippen LogP) is 4.20. The molecule has 0 saturated heterocycles. The number of likely N-dealkylation sites (N-methyl/N-ethyl adjacent to an activating group) is 1. The number of hydrogen-bond donors (Lipinski definition) is 1. The molecule has 0 aliphatic carbocycles. The first-order valence-corrected chi connectivity index (χ1v) is 7.08. The highest BCUT2D eigenvalue weighted by Gasteiger charge is 2.03. The van der Waals surface area contributed by atoms with Crippen LogP contribution in [0.1, 0.15) is 25.0 Å². The summed E-state index contributed by atoms with van der Waals surface area (Å²) in [6.07, 6.45) is 1.09. The van der Waals surface area contributed by atoms with Crippen LogP contribution in [0.4, 0.5) is 0 Å². The Hall–Kier alpha value is -1.60. The molecule has 0 fully saturated rings. The van der Waals surface area contributed by atoms with Crippen molar-refractivity contribution in [2.45, 2.75) is 33.2 Å². The van der Waals surface area contributed by atoms with E-state index < -0.39 is 0 Å². The molecular formula is C18H23N. The molecular weight excluding hydrogens is 230 g/mol. The number of hydrogen-bond acceptors (Lipinski definition) is 1. The first kappa shape index (κ1) is 13.8. The number of rotatable bonds is 5. The van der Waals surface area contributed by atoms with Gasteiger partial charge in [-0.05, 0) is 43.5 Å². The van der Waals surface area contributed by atoms with E-state index in [9.17, 15) is 0 Å². The van der Waals surface area contributed by atoms with Gasteiger partial charge in [-0.3, -0.25) is 0 Å². The van der Waals surface area contributed by atoms with E-state index in [1.807, 2.05) is 0 Å². The van der Waals surface area contributed by atoms with Gasteiger partial charge in [0.2, 0.25) is 0 Å². The first-order chi connectivity index (χ1) is 9.19. The van der Waals surface area contributed by atoms with Crippen LogP contribution in [0.3, 0.4) is 0 Å². The molecule has 0 radical (unpaired) electrons. The van der Waals surface area contributed by atoms with Gasteiger partial charge in [-0.15, -0.1) is 0 Å².